The van der Waals surface area contributed by atoms with Crippen LogP contribution in [0.2, 0.25) is 0 Å². The van der Waals surface area contributed by atoms with Crippen molar-refractivity contribution in [2.45, 2.75) is 38.8 Å². The lowest BCUT2D eigenvalue weighted by Crippen LogP contribution is -2.32. The maximum Gasteiger partial charge on any atom is 0.153 e. The van der Waals surface area contributed by atoms with Crippen molar-refractivity contribution in [3.8, 4) is 5.69 Å². The third-order valence-corrected chi connectivity index (χ3v) is 3.57. The standard InChI is InChI=1S/C14H19N5O/c1-10-8-13(6-7-20-10)15-12-4-3-5-14(9-12)19-11(2)16-17-18-19/h3-5,9-10,13,15H,6-8H2,1-2H3. The summed E-state index contributed by atoms with van der Waals surface area (Å²) in [4.78, 5) is 0. The van der Waals surface area contributed by atoms with E-state index in [0.717, 1.165) is 36.6 Å². The second kappa shape index (κ2) is 5.58. The Bertz CT molecular complexity index is 582. The summed E-state index contributed by atoms with van der Waals surface area (Å²) in [6.07, 6.45) is 2.40. The normalized spacial score (nSPS) is 22.7. The van der Waals surface area contributed by atoms with Crippen LogP contribution in [0.1, 0.15) is 25.6 Å². The smallest absolute Gasteiger partial charge is 0.153 e. The van der Waals surface area contributed by atoms with E-state index in [1.807, 2.05) is 19.1 Å². The van der Waals surface area contributed by atoms with Crippen molar-refractivity contribution in [1.82, 2.24) is 20.2 Å². The third-order valence-electron chi connectivity index (χ3n) is 3.57. The van der Waals surface area contributed by atoms with Crippen LogP contribution >= 0.6 is 0 Å². The highest BCUT2D eigenvalue weighted by Gasteiger charge is 2.19. The van der Waals surface area contributed by atoms with E-state index in [1.165, 1.54) is 0 Å². The van der Waals surface area contributed by atoms with Gasteiger partial charge in [0.2, 0.25) is 0 Å². The first-order valence-corrected chi connectivity index (χ1v) is 6.96. The van der Waals surface area contributed by atoms with Crippen LogP contribution in [0, 0.1) is 6.92 Å². The SMILES string of the molecule is Cc1nnnn1-c1cccc(NC2CCOC(C)C2)c1. The summed E-state index contributed by atoms with van der Waals surface area (Å²) in [5.74, 6) is 0.779. The van der Waals surface area contributed by atoms with Crippen LogP contribution < -0.4 is 5.32 Å². The van der Waals surface area contributed by atoms with Gasteiger partial charge in [-0.25, -0.2) is 0 Å². The van der Waals surface area contributed by atoms with Crippen LogP contribution in [-0.4, -0.2) is 39.0 Å². The van der Waals surface area contributed by atoms with Crippen molar-refractivity contribution in [3.05, 3.63) is 30.1 Å². The number of anilines is 1. The summed E-state index contributed by atoms with van der Waals surface area (Å²) in [5, 5.41) is 15.2. The fraction of sp³-hybridized carbons (Fsp3) is 0.500. The minimum absolute atomic E-state index is 0.325. The van der Waals surface area contributed by atoms with Crippen LogP contribution in [0.5, 0.6) is 0 Å². The number of nitrogens with zero attached hydrogens (tertiary/aromatic N) is 4. The molecule has 0 spiro atoms. The molecule has 2 unspecified atom stereocenters. The highest BCUT2D eigenvalue weighted by molar-refractivity contribution is 5.51. The predicted octanol–water partition coefficient (Wildman–Crippen LogP) is 1.95. The van der Waals surface area contributed by atoms with Gasteiger partial charge in [-0.05, 0) is 55.3 Å². The number of tetrazole rings is 1. The Labute approximate surface area is 118 Å². The topological polar surface area (TPSA) is 64.9 Å². The van der Waals surface area contributed by atoms with Gasteiger partial charge in [0.1, 0.15) is 0 Å². The zero-order valence-electron chi connectivity index (χ0n) is 11.8. The molecule has 2 atom stereocenters. The summed E-state index contributed by atoms with van der Waals surface area (Å²) in [5.41, 5.74) is 2.06. The maximum atomic E-state index is 5.57. The summed E-state index contributed by atoms with van der Waals surface area (Å²) in [6.45, 7) is 4.83. The highest BCUT2D eigenvalue weighted by atomic mass is 16.5. The van der Waals surface area contributed by atoms with Crippen molar-refractivity contribution < 1.29 is 4.74 Å². The molecular formula is C14H19N5O. The Morgan fingerprint density at radius 1 is 1.40 bits per heavy atom. The first kappa shape index (κ1) is 13.1. The number of ether oxygens (including phenoxy) is 1. The van der Waals surface area contributed by atoms with Crippen molar-refractivity contribution in [2.75, 3.05) is 11.9 Å². The van der Waals surface area contributed by atoms with Crippen molar-refractivity contribution in [1.29, 1.82) is 0 Å². The van der Waals surface area contributed by atoms with Gasteiger partial charge in [-0.3, -0.25) is 0 Å². The fourth-order valence-electron chi connectivity index (χ4n) is 2.56. The lowest BCUT2D eigenvalue weighted by Gasteiger charge is -2.28. The number of aromatic nitrogens is 4. The Morgan fingerprint density at radius 3 is 3.05 bits per heavy atom. The molecule has 0 bridgehead atoms. The van der Waals surface area contributed by atoms with E-state index in [-0.39, 0.29) is 0 Å². The zero-order valence-corrected chi connectivity index (χ0v) is 11.8. The van der Waals surface area contributed by atoms with Gasteiger partial charge in [0.05, 0.1) is 11.8 Å². The maximum absolute atomic E-state index is 5.57. The molecule has 0 radical (unpaired) electrons. The Kier molecular flexibility index (Phi) is 3.64. The number of nitrogens with one attached hydrogen (secondary N) is 1. The van der Waals surface area contributed by atoms with Gasteiger partial charge in [-0.15, -0.1) is 5.10 Å². The first-order valence-electron chi connectivity index (χ1n) is 6.96. The zero-order chi connectivity index (χ0) is 13.9. The number of rotatable bonds is 3. The second-order valence-electron chi connectivity index (χ2n) is 5.24. The van der Waals surface area contributed by atoms with E-state index in [2.05, 4.69) is 39.9 Å². The molecule has 3 rings (SSSR count). The molecule has 1 aliphatic heterocycles. The number of hydrogen-bond acceptors (Lipinski definition) is 5. The monoisotopic (exact) mass is 273 g/mol. The van der Waals surface area contributed by atoms with E-state index >= 15 is 0 Å². The Balaban J connectivity index is 1.76. The van der Waals surface area contributed by atoms with Crippen LogP contribution in [-0.2, 0) is 4.74 Å². The number of benzene rings is 1. The molecule has 2 aromatic rings. The van der Waals surface area contributed by atoms with E-state index in [4.69, 9.17) is 4.74 Å². The van der Waals surface area contributed by atoms with Gasteiger partial charge in [0.25, 0.3) is 0 Å². The third kappa shape index (κ3) is 2.80. The molecule has 0 saturated carbocycles. The number of hydrogen-bond donors (Lipinski definition) is 1. The van der Waals surface area contributed by atoms with E-state index in [0.29, 0.717) is 12.1 Å². The lowest BCUT2D eigenvalue weighted by molar-refractivity contribution is 0.0232. The minimum Gasteiger partial charge on any atom is -0.382 e. The number of aryl methyl sites for hydroxylation is 1. The molecule has 1 aromatic carbocycles. The minimum atomic E-state index is 0.325. The van der Waals surface area contributed by atoms with E-state index in [1.54, 1.807) is 4.68 Å². The molecule has 0 aliphatic carbocycles. The molecule has 1 saturated heterocycles. The van der Waals surface area contributed by atoms with E-state index < -0.39 is 0 Å². The van der Waals surface area contributed by atoms with Crippen molar-refractivity contribution in [2.24, 2.45) is 0 Å². The molecule has 1 aromatic heterocycles. The lowest BCUT2D eigenvalue weighted by atomic mass is 10.0. The van der Waals surface area contributed by atoms with Crippen molar-refractivity contribution in [3.63, 3.8) is 0 Å². The van der Waals surface area contributed by atoms with Crippen LogP contribution in [0.4, 0.5) is 5.69 Å². The molecule has 1 fully saturated rings. The quantitative estimate of drug-likeness (QED) is 0.926. The summed E-state index contributed by atoms with van der Waals surface area (Å²) >= 11 is 0. The molecular weight excluding hydrogens is 254 g/mol. The molecule has 6 nitrogen and oxygen atoms in total. The molecule has 0 amide bonds. The Morgan fingerprint density at radius 2 is 2.30 bits per heavy atom. The molecule has 6 heteroatoms. The summed E-state index contributed by atoms with van der Waals surface area (Å²) < 4.78 is 7.31. The van der Waals surface area contributed by atoms with Gasteiger partial charge in [0, 0.05) is 18.3 Å². The van der Waals surface area contributed by atoms with Gasteiger partial charge < -0.3 is 10.1 Å². The largest absolute Gasteiger partial charge is 0.382 e. The summed E-state index contributed by atoms with van der Waals surface area (Å²) in [6, 6.07) is 8.62. The van der Waals surface area contributed by atoms with Gasteiger partial charge in [-0.2, -0.15) is 4.68 Å². The molecule has 106 valence electrons. The van der Waals surface area contributed by atoms with Gasteiger partial charge in [-0.1, -0.05) is 6.07 Å². The predicted molar refractivity (Wildman–Crippen MR) is 75.9 cm³/mol. The van der Waals surface area contributed by atoms with E-state index in [9.17, 15) is 0 Å². The average molecular weight is 273 g/mol. The van der Waals surface area contributed by atoms with Gasteiger partial charge in [0.15, 0.2) is 5.82 Å². The molecule has 1 aliphatic rings. The second-order valence-corrected chi connectivity index (χ2v) is 5.24. The fourth-order valence-corrected chi connectivity index (χ4v) is 2.56. The van der Waals surface area contributed by atoms with Crippen LogP contribution in [0.25, 0.3) is 5.69 Å². The van der Waals surface area contributed by atoms with Gasteiger partial charge >= 0.3 is 0 Å². The van der Waals surface area contributed by atoms with Crippen LogP contribution in [0.3, 0.4) is 0 Å². The highest BCUT2D eigenvalue weighted by Crippen LogP contribution is 2.20. The van der Waals surface area contributed by atoms with Crippen molar-refractivity contribution >= 4 is 5.69 Å². The molecule has 2 heterocycles. The molecule has 1 N–H and O–H groups in total. The molecule has 20 heavy (non-hydrogen) atoms. The van der Waals surface area contributed by atoms with Crippen LogP contribution in [0.15, 0.2) is 24.3 Å². The Hall–Kier alpha value is -1.95. The summed E-state index contributed by atoms with van der Waals surface area (Å²) in [7, 11) is 0. The first-order chi connectivity index (χ1) is 9.72. The average Bonchev–Trinajstić information content (AvgIpc) is 2.85.